The van der Waals surface area contributed by atoms with Crippen LogP contribution >= 0.6 is 0 Å². The van der Waals surface area contributed by atoms with Crippen molar-refractivity contribution in [3.63, 3.8) is 0 Å². The summed E-state index contributed by atoms with van der Waals surface area (Å²) in [6.45, 7) is 13.0. The topological polar surface area (TPSA) is 64.0 Å². The van der Waals surface area contributed by atoms with Crippen LogP contribution in [0.15, 0.2) is 0 Å². The Hall–Kier alpha value is -0.650. The van der Waals surface area contributed by atoms with E-state index in [9.17, 15) is 15.0 Å². The molecule has 2 heterocycles. The molecular formula is C18H34N2O3. The molecule has 2 aliphatic heterocycles. The molecule has 0 aromatic rings. The first kappa shape index (κ1) is 18.7. The van der Waals surface area contributed by atoms with Crippen LogP contribution in [0.5, 0.6) is 0 Å². The number of hydrogen-bond donors (Lipinski definition) is 2. The zero-order chi connectivity index (χ0) is 17.2. The number of rotatable bonds is 5. The Morgan fingerprint density at radius 2 is 1.78 bits per heavy atom. The van der Waals surface area contributed by atoms with Gasteiger partial charge in [-0.05, 0) is 78.4 Å². The van der Waals surface area contributed by atoms with Crippen LogP contribution < -0.4 is 0 Å². The number of hydrogen-bond acceptors (Lipinski definition) is 4. The standard InChI is InChI=1S/C18H34N2O3/c1-13(2)19-8-7-16(15(11-19)12-21)18(3,4)20-9-5-14(6-10-20)17(22)23/h13-16,21H,5-12H2,1-4H3,(H,22,23). The summed E-state index contributed by atoms with van der Waals surface area (Å²) in [4.78, 5) is 16.1. The maximum Gasteiger partial charge on any atom is 0.306 e. The van der Waals surface area contributed by atoms with Crippen molar-refractivity contribution in [1.82, 2.24) is 9.80 Å². The lowest BCUT2D eigenvalue weighted by molar-refractivity contribution is -0.144. The predicted octanol–water partition coefficient (Wildman–Crippen LogP) is 1.90. The fourth-order valence-electron chi connectivity index (χ4n) is 4.58. The highest BCUT2D eigenvalue weighted by molar-refractivity contribution is 5.70. The second-order valence-corrected chi connectivity index (χ2v) is 8.18. The third kappa shape index (κ3) is 4.06. The quantitative estimate of drug-likeness (QED) is 0.808. The van der Waals surface area contributed by atoms with Crippen LogP contribution in [0.4, 0.5) is 0 Å². The van der Waals surface area contributed by atoms with Crippen LogP contribution in [-0.2, 0) is 4.79 Å². The van der Waals surface area contributed by atoms with Crippen LogP contribution in [0.25, 0.3) is 0 Å². The van der Waals surface area contributed by atoms with Gasteiger partial charge in [0.25, 0.3) is 0 Å². The average Bonchev–Trinajstić information content (AvgIpc) is 2.54. The molecule has 0 aromatic heterocycles. The lowest BCUT2D eigenvalue weighted by Crippen LogP contribution is -2.59. The molecule has 2 saturated heterocycles. The highest BCUT2D eigenvalue weighted by Crippen LogP contribution is 2.38. The van der Waals surface area contributed by atoms with Gasteiger partial charge in [-0.3, -0.25) is 9.69 Å². The number of likely N-dealkylation sites (tertiary alicyclic amines) is 2. The number of aliphatic hydroxyl groups excluding tert-OH is 1. The molecule has 2 aliphatic rings. The van der Waals surface area contributed by atoms with E-state index in [-0.39, 0.29) is 18.1 Å². The Bertz CT molecular complexity index is 403. The van der Waals surface area contributed by atoms with Gasteiger partial charge in [0.1, 0.15) is 0 Å². The molecular weight excluding hydrogens is 292 g/mol. The van der Waals surface area contributed by atoms with E-state index in [2.05, 4.69) is 37.5 Å². The maximum absolute atomic E-state index is 11.2. The molecule has 2 N–H and O–H groups in total. The molecule has 0 amide bonds. The van der Waals surface area contributed by atoms with Gasteiger partial charge in [0.2, 0.25) is 0 Å². The highest BCUT2D eigenvalue weighted by Gasteiger charge is 2.43. The van der Waals surface area contributed by atoms with E-state index in [0.29, 0.717) is 17.9 Å². The van der Waals surface area contributed by atoms with E-state index in [1.807, 2.05) is 0 Å². The first-order chi connectivity index (χ1) is 10.8. The van der Waals surface area contributed by atoms with Crippen molar-refractivity contribution < 1.29 is 15.0 Å². The summed E-state index contributed by atoms with van der Waals surface area (Å²) in [5, 5.41) is 19.1. The van der Waals surface area contributed by atoms with Crippen LogP contribution in [0.1, 0.15) is 47.0 Å². The van der Waals surface area contributed by atoms with E-state index in [4.69, 9.17) is 0 Å². The monoisotopic (exact) mass is 326 g/mol. The molecule has 134 valence electrons. The third-order valence-corrected chi connectivity index (χ3v) is 6.30. The minimum Gasteiger partial charge on any atom is -0.481 e. The lowest BCUT2D eigenvalue weighted by atomic mass is 9.72. The van der Waals surface area contributed by atoms with Gasteiger partial charge in [0.05, 0.1) is 5.92 Å². The molecule has 0 aliphatic carbocycles. The van der Waals surface area contributed by atoms with Crippen molar-refractivity contribution in [3.05, 3.63) is 0 Å². The van der Waals surface area contributed by atoms with Gasteiger partial charge in [-0.15, -0.1) is 0 Å². The van der Waals surface area contributed by atoms with Crippen molar-refractivity contribution >= 4 is 5.97 Å². The van der Waals surface area contributed by atoms with E-state index < -0.39 is 5.97 Å². The van der Waals surface area contributed by atoms with Crippen LogP contribution in [0, 0.1) is 17.8 Å². The van der Waals surface area contributed by atoms with E-state index in [1.165, 1.54) is 0 Å². The minimum absolute atomic E-state index is 0.0138. The molecule has 0 saturated carbocycles. The fourth-order valence-corrected chi connectivity index (χ4v) is 4.58. The molecule has 0 aromatic carbocycles. The number of carboxylic acids is 1. The normalized spacial score (nSPS) is 29.1. The molecule has 2 atom stereocenters. The Labute approximate surface area is 140 Å². The lowest BCUT2D eigenvalue weighted by Gasteiger charge is -2.52. The predicted molar refractivity (Wildman–Crippen MR) is 91.4 cm³/mol. The summed E-state index contributed by atoms with van der Waals surface area (Å²) in [6, 6.07) is 0.527. The molecule has 2 fully saturated rings. The molecule has 23 heavy (non-hydrogen) atoms. The number of nitrogens with zero attached hydrogens (tertiary/aromatic N) is 2. The SMILES string of the molecule is CC(C)N1CCC(C(C)(C)N2CCC(C(=O)O)CC2)C(CO)C1. The van der Waals surface area contributed by atoms with Crippen molar-refractivity contribution in [2.75, 3.05) is 32.8 Å². The highest BCUT2D eigenvalue weighted by atomic mass is 16.4. The first-order valence-electron chi connectivity index (χ1n) is 9.10. The Balaban J connectivity index is 2.02. The van der Waals surface area contributed by atoms with Crippen LogP contribution in [-0.4, -0.2) is 70.3 Å². The van der Waals surface area contributed by atoms with Crippen molar-refractivity contribution in [3.8, 4) is 0 Å². The molecule has 0 spiro atoms. The average molecular weight is 326 g/mol. The Kier molecular flexibility index (Phi) is 6.09. The van der Waals surface area contributed by atoms with Crippen LogP contribution in [0.3, 0.4) is 0 Å². The summed E-state index contributed by atoms with van der Waals surface area (Å²) in [5.41, 5.74) is 0.0138. The summed E-state index contributed by atoms with van der Waals surface area (Å²) in [5.74, 6) is -0.0679. The van der Waals surface area contributed by atoms with Crippen LogP contribution in [0.2, 0.25) is 0 Å². The summed E-state index contributed by atoms with van der Waals surface area (Å²) < 4.78 is 0. The number of aliphatic carboxylic acids is 1. The molecule has 0 radical (unpaired) electrons. The van der Waals surface area contributed by atoms with E-state index in [1.54, 1.807) is 0 Å². The van der Waals surface area contributed by atoms with E-state index >= 15 is 0 Å². The first-order valence-corrected chi connectivity index (χ1v) is 9.10. The van der Waals surface area contributed by atoms with Gasteiger partial charge in [-0.2, -0.15) is 0 Å². The zero-order valence-corrected chi connectivity index (χ0v) is 15.2. The third-order valence-electron chi connectivity index (χ3n) is 6.30. The van der Waals surface area contributed by atoms with E-state index in [0.717, 1.165) is 45.4 Å². The van der Waals surface area contributed by atoms with Gasteiger partial charge in [0.15, 0.2) is 0 Å². The summed E-state index contributed by atoms with van der Waals surface area (Å²) in [6.07, 6.45) is 2.59. The van der Waals surface area contributed by atoms with Gasteiger partial charge in [-0.1, -0.05) is 0 Å². The minimum atomic E-state index is -0.652. The van der Waals surface area contributed by atoms with Crippen molar-refractivity contribution in [1.29, 1.82) is 0 Å². The summed E-state index contributed by atoms with van der Waals surface area (Å²) >= 11 is 0. The summed E-state index contributed by atoms with van der Waals surface area (Å²) in [7, 11) is 0. The second kappa shape index (κ2) is 7.49. The van der Waals surface area contributed by atoms with Crippen molar-refractivity contribution in [2.45, 2.75) is 58.5 Å². The van der Waals surface area contributed by atoms with Gasteiger partial charge in [-0.25, -0.2) is 0 Å². The smallest absolute Gasteiger partial charge is 0.306 e. The molecule has 0 bridgehead atoms. The van der Waals surface area contributed by atoms with Gasteiger partial charge < -0.3 is 15.1 Å². The van der Waals surface area contributed by atoms with Crippen molar-refractivity contribution in [2.24, 2.45) is 17.8 Å². The molecule has 2 rings (SSSR count). The fraction of sp³-hybridized carbons (Fsp3) is 0.944. The Morgan fingerprint density at radius 3 is 2.26 bits per heavy atom. The van der Waals surface area contributed by atoms with Gasteiger partial charge >= 0.3 is 5.97 Å². The number of carboxylic acid groups (broad SMARTS) is 1. The second-order valence-electron chi connectivity index (χ2n) is 8.18. The maximum atomic E-state index is 11.2. The Morgan fingerprint density at radius 1 is 1.17 bits per heavy atom. The molecule has 5 heteroatoms. The zero-order valence-electron chi connectivity index (χ0n) is 15.2. The largest absolute Gasteiger partial charge is 0.481 e. The molecule has 2 unspecified atom stereocenters. The molecule has 5 nitrogen and oxygen atoms in total. The van der Waals surface area contributed by atoms with Gasteiger partial charge in [0, 0.05) is 24.7 Å². The number of aliphatic hydroxyl groups is 1. The number of piperidine rings is 2. The number of carbonyl (C=O) groups is 1.